The van der Waals surface area contributed by atoms with Crippen molar-refractivity contribution in [3.8, 4) is 0 Å². The van der Waals surface area contributed by atoms with Crippen molar-refractivity contribution in [1.29, 1.82) is 0 Å². The maximum Gasteiger partial charge on any atom is 0.189 e. The summed E-state index contributed by atoms with van der Waals surface area (Å²) in [5.41, 5.74) is 2.96. The van der Waals surface area contributed by atoms with E-state index in [9.17, 15) is 9.59 Å². The van der Waals surface area contributed by atoms with Crippen LogP contribution in [0.25, 0.3) is 0 Å². The summed E-state index contributed by atoms with van der Waals surface area (Å²) in [6.07, 6.45) is 4.13. The van der Waals surface area contributed by atoms with E-state index in [2.05, 4.69) is 0 Å². The van der Waals surface area contributed by atoms with Crippen molar-refractivity contribution in [3.05, 3.63) is 82.9 Å². The van der Waals surface area contributed by atoms with Gasteiger partial charge in [-0.25, -0.2) is 0 Å². The Kier molecular flexibility index (Phi) is 3.89. The largest absolute Gasteiger partial charge is 0.289 e. The molecule has 0 N–H and O–H groups in total. The highest BCUT2D eigenvalue weighted by atomic mass is 16.1. The van der Waals surface area contributed by atoms with Crippen molar-refractivity contribution in [2.45, 2.75) is 25.7 Å². The van der Waals surface area contributed by atoms with Gasteiger partial charge in [-0.1, -0.05) is 60.7 Å². The van der Waals surface area contributed by atoms with Gasteiger partial charge in [-0.2, -0.15) is 0 Å². The number of carbonyl (C=O) groups is 2. The molecule has 0 amide bonds. The molecule has 3 aliphatic rings. The fraction of sp³-hybridized carbons (Fsp3) is 0.273. The first-order valence-corrected chi connectivity index (χ1v) is 8.69. The van der Waals surface area contributed by atoms with Crippen LogP contribution in [0.3, 0.4) is 0 Å². The molecule has 2 heteroatoms. The quantitative estimate of drug-likeness (QED) is 0.754. The zero-order valence-electron chi connectivity index (χ0n) is 13.6. The highest BCUT2D eigenvalue weighted by molar-refractivity contribution is 6.18. The van der Waals surface area contributed by atoms with Gasteiger partial charge in [0, 0.05) is 22.3 Å². The van der Waals surface area contributed by atoms with E-state index >= 15 is 0 Å². The lowest BCUT2D eigenvalue weighted by molar-refractivity contribution is 0.0947. The molecule has 1 saturated carbocycles. The molecule has 3 aliphatic carbocycles. The predicted molar refractivity (Wildman–Crippen MR) is 94.0 cm³/mol. The molecule has 5 rings (SSSR count). The summed E-state index contributed by atoms with van der Waals surface area (Å²) in [5.74, 6) is 0.573. The van der Waals surface area contributed by atoms with E-state index in [0.717, 1.165) is 36.8 Å². The van der Waals surface area contributed by atoms with E-state index < -0.39 is 0 Å². The molecule has 0 aliphatic heterocycles. The van der Waals surface area contributed by atoms with Crippen LogP contribution in [-0.2, 0) is 0 Å². The van der Waals surface area contributed by atoms with Crippen LogP contribution in [0.2, 0.25) is 0 Å². The van der Waals surface area contributed by atoms with Crippen LogP contribution in [0.15, 0.2) is 71.8 Å². The monoisotopic (exact) mass is 316 g/mol. The Labute approximate surface area is 142 Å². The van der Waals surface area contributed by atoms with Gasteiger partial charge in [-0.3, -0.25) is 9.59 Å². The van der Waals surface area contributed by atoms with Gasteiger partial charge in [0.25, 0.3) is 0 Å². The SMILES string of the molecule is O=C(C1=C(C(=O)c2ccccc2)C2CCC1CC2)c1ccccc1. The van der Waals surface area contributed by atoms with Gasteiger partial charge in [0.05, 0.1) is 0 Å². The fourth-order valence-corrected chi connectivity index (χ4v) is 4.22. The van der Waals surface area contributed by atoms with Crippen LogP contribution < -0.4 is 0 Å². The van der Waals surface area contributed by atoms with Crippen LogP contribution in [0, 0.1) is 11.8 Å². The lowest BCUT2D eigenvalue weighted by atomic mass is 9.64. The summed E-state index contributed by atoms with van der Waals surface area (Å²) >= 11 is 0. The standard InChI is InChI=1S/C22H20O2/c23-21(17-7-3-1-4-8-17)19-15-11-13-16(14-12-15)20(19)22(24)18-9-5-2-6-10-18/h1-10,15-16H,11-14H2. The molecule has 1 fully saturated rings. The smallest absolute Gasteiger partial charge is 0.189 e. The van der Waals surface area contributed by atoms with Gasteiger partial charge >= 0.3 is 0 Å². The van der Waals surface area contributed by atoms with Crippen molar-refractivity contribution in [2.24, 2.45) is 11.8 Å². The number of ketones is 2. The summed E-state index contributed by atoms with van der Waals surface area (Å²) in [4.78, 5) is 26.3. The summed E-state index contributed by atoms with van der Waals surface area (Å²) < 4.78 is 0. The molecule has 120 valence electrons. The summed E-state index contributed by atoms with van der Waals surface area (Å²) in [6, 6.07) is 18.7. The fourth-order valence-electron chi connectivity index (χ4n) is 4.22. The summed E-state index contributed by atoms with van der Waals surface area (Å²) in [5, 5.41) is 0. The Morgan fingerprint density at radius 2 is 0.917 bits per heavy atom. The van der Waals surface area contributed by atoms with Gasteiger partial charge in [0.2, 0.25) is 0 Å². The van der Waals surface area contributed by atoms with Crippen molar-refractivity contribution in [3.63, 3.8) is 0 Å². The van der Waals surface area contributed by atoms with E-state index in [1.54, 1.807) is 0 Å². The number of hydrogen-bond donors (Lipinski definition) is 0. The molecule has 0 radical (unpaired) electrons. The van der Waals surface area contributed by atoms with Gasteiger partial charge < -0.3 is 0 Å². The average Bonchev–Trinajstić information content (AvgIpc) is 2.68. The number of Topliss-reactive ketones (excluding diaryl/α,β-unsaturated/α-hetero) is 2. The maximum atomic E-state index is 13.1. The lowest BCUT2D eigenvalue weighted by Crippen LogP contribution is -2.33. The van der Waals surface area contributed by atoms with Crippen molar-refractivity contribution >= 4 is 11.6 Å². The first kappa shape index (κ1) is 15.1. The van der Waals surface area contributed by atoms with Gasteiger partial charge in [0.1, 0.15) is 0 Å². The van der Waals surface area contributed by atoms with Crippen molar-refractivity contribution < 1.29 is 9.59 Å². The number of hydrogen-bond acceptors (Lipinski definition) is 2. The molecule has 0 aromatic heterocycles. The summed E-state index contributed by atoms with van der Waals surface area (Å²) in [6.45, 7) is 0. The second-order valence-electron chi connectivity index (χ2n) is 6.77. The first-order chi connectivity index (χ1) is 11.8. The Morgan fingerprint density at radius 1 is 0.583 bits per heavy atom. The van der Waals surface area contributed by atoms with Gasteiger partial charge in [0.15, 0.2) is 11.6 Å². The molecule has 2 nitrogen and oxygen atoms in total. The van der Waals surface area contributed by atoms with E-state index in [1.807, 2.05) is 60.7 Å². The lowest BCUT2D eigenvalue weighted by Gasteiger charge is -2.39. The number of carbonyl (C=O) groups excluding carboxylic acids is 2. The van der Waals surface area contributed by atoms with E-state index in [-0.39, 0.29) is 23.4 Å². The molecule has 0 spiro atoms. The average molecular weight is 316 g/mol. The molecule has 2 bridgehead atoms. The zero-order chi connectivity index (χ0) is 16.5. The van der Waals surface area contributed by atoms with Gasteiger partial charge in [-0.15, -0.1) is 0 Å². The second kappa shape index (κ2) is 6.20. The van der Waals surface area contributed by atoms with E-state index in [0.29, 0.717) is 11.1 Å². The normalized spacial score (nSPS) is 22.5. The van der Waals surface area contributed by atoms with E-state index in [4.69, 9.17) is 0 Å². The van der Waals surface area contributed by atoms with Gasteiger partial charge in [-0.05, 0) is 37.5 Å². The molecular formula is C22H20O2. The minimum Gasteiger partial charge on any atom is -0.289 e. The Morgan fingerprint density at radius 3 is 1.25 bits per heavy atom. The third-order valence-electron chi connectivity index (χ3n) is 5.40. The first-order valence-electron chi connectivity index (χ1n) is 8.69. The van der Waals surface area contributed by atoms with Crippen molar-refractivity contribution in [1.82, 2.24) is 0 Å². The number of benzene rings is 2. The molecular weight excluding hydrogens is 296 g/mol. The molecule has 2 aromatic carbocycles. The second-order valence-corrected chi connectivity index (χ2v) is 6.77. The third-order valence-corrected chi connectivity index (χ3v) is 5.40. The number of fused-ring (bicyclic) bond motifs is 2. The molecule has 0 atom stereocenters. The Balaban J connectivity index is 1.82. The van der Waals surface area contributed by atoms with Crippen LogP contribution in [0.1, 0.15) is 46.4 Å². The number of rotatable bonds is 4. The Hall–Kier alpha value is -2.48. The minimum atomic E-state index is 0.0456. The Bertz CT molecular complexity index is 725. The minimum absolute atomic E-state index is 0.0456. The summed E-state index contributed by atoms with van der Waals surface area (Å²) in [7, 11) is 0. The third kappa shape index (κ3) is 2.52. The number of allylic oxidation sites excluding steroid dienone is 2. The molecule has 0 heterocycles. The van der Waals surface area contributed by atoms with Crippen LogP contribution in [-0.4, -0.2) is 11.6 Å². The molecule has 0 saturated heterocycles. The maximum absolute atomic E-state index is 13.1. The predicted octanol–water partition coefficient (Wildman–Crippen LogP) is 4.87. The molecule has 0 unspecified atom stereocenters. The highest BCUT2D eigenvalue weighted by Gasteiger charge is 2.41. The highest BCUT2D eigenvalue weighted by Crippen LogP contribution is 2.47. The molecule has 2 aromatic rings. The molecule has 24 heavy (non-hydrogen) atoms. The van der Waals surface area contributed by atoms with Crippen molar-refractivity contribution in [2.75, 3.05) is 0 Å². The van der Waals surface area contributed by atoms with E-state index in [1.165, 1.54) is 0 Å². The zero-order valence-corrected chi connectivity index (χ0v) is 13.6. The topological polar surface area (TPSA) is 34.1 Å². The van der Waals surface area contributed by atoms with Crippen LogP contribution in [0.4, 0.5) is 0 Å². The van der Waals surface area contributed by atoms with Crippen LogP contribution in [0.5, 0.6) is 0 Å². The van der Waals surface area contributed by atoms with Crippen LogP contribution >= 0.6 is 0 Å².